The maximum Gasteiger partial charge on any atom is 0.227 e. The lowest BCUT2D eigenvalue weighted by atomic mass is 9.96. The number of nitrogens with zero attached hydrogens (tertiary/aromatic N) is 5. The summed E-state index contributed by atoms with van der Waals surface area (Å²) in [6, 6.07) is 5.63. The molecule has 3 heterocycles. The Kier molecular flexibility index (Phi) is 7.64. The molecule has 31 heavy (non-hydrogen) atoms. The Bertz CT molecular complexity index is 876. The number of aromatic nitrogens is 2. The van der Waals surface area contributed by atoms with Crippen LogP contribution >= 0.6 is 23.2 Å². The van der Waals surface area contributed by atoms with Crippen molar-refractivity contribution in [3.05, 3.63) is 52.4 Å². The van der Waals surface area contributed by atoms with Crippen LogP contribution in [-0.4, -0.2) is 64.9 Å². The third kappa shape index (κ3) is 5.88. The van der Waals surface area contributed by atoms with Gasteiger partial charge >= 0.3 is 0 Å². The van der Waals surface area contributed by atoms with Crippen LogP contribution in [0.3, 0.4) is 0 Å². The number of rotatable bonds is 7. The number of likely N-dealkylation sites (tertiary alicyclic amines) is 1. The molecule has 0 aliphatic carbocycles. The van der Waals surface area contributed by atoms with E-state index < -0.39 is 0 Å². The van der Waals surface area contributed by atoms with Gasteiger partial charge in [0.15, 0.2) is 0 Å². The van der Waals surface area contributed by atoms with Gasteiger partial charge in [0.1, 0.15) is 5.82 Å². The van der Waals surface area contributed by atoms with Crippen LogP contribution in [0.15, 0.2) is 36.8 Å². The van der Waals surface area contributed by atoms with Crippen LogP contribution in [0, 0.1) is 5.92 Å². The van der Waals surface area contributed by atoms with E-state index in [9.17, 15) is 4.79 Å². The molecule has 4 rings (SSSR count). The van der Waals surface area contributed by atoms with Gasteiger partial charge in [0.25, 0.3) is 0 Å². The smallest absolute Gasteiger partial charge is 0.227 e. The number of benzene rings is 1. The standard InChI is InChI=1S/C23H29Cl2N5O/c24-20-6-5-18(14-21(20)25)16-30(13-12-28-9-1-2-10-28)23(31)19-4-3-11-29(17-19)22-15-26-7-8-27-22/h5-8,14-15,19H,1-4,9-13,16-17H2. The molecular formula is C23H29Cl2N5O. The normalized spacial score (nSPS) is 19.5. The first-order chi connectivity index (χ1) is 15.1. The highest BCUT2D eigenvalue weighted by Crippen LogP contribution is 2.26. The van der Waals surface area contributed by atoms with Crippen LogP contribution < -0.4 is 4.90 Å². The van der Waals surface area contributed by atoms with Crippen molar-refractivity contribution in [2.75, 3.05) is 44.2 Å². The summed E-state index contributed by atoms with van der Waals surface area (Å²) in [6.07, 6.45) is 9.51. The summed E-state index contributed by atoms with van der Waals surface area (Å²) in [5.41, 5.74) is 1.01. The lowest BCUT2D eigenvalue weighted by molar-refractivity contribution is -0.136. The largest absolute Gasteiger partial charge is 0.355 e. The van der Waals surface area contributed by atoms with Gasteiger partial charge in [-0.3, -0.25) is 9.78 Å². The quantitative estimate of drug-likeness (QED) is 0.620. The second-order valence-electron chi connectivity index (χ2n) is 8.41. The average molecular weight is 462 g/mol. The van der Waals surface area contributed by atoms with Crippen molar-refractivity contribution < 1.29 is 4.79 Å². The number of hydrogen-bond donors (Lipinski definition) is 0. The van der Waals surface area contributed by atoms with Crippen molar-refractivity contribution in [2.24, 2.45) is 5.92 Å². The molecule has 2 aliphatic heterocycles. The topological polar surface area (TPSA) is 52.6 Å². The molecule has 0 N–H and O–H groups in total. The molecule has 2 aliphatic rings. The summed E-state index contributed by atoms with van der Waals surface area (Å²) in [4.78, 5) is 28.8. The minimum absolute atomic E-state index is 0.0443. The zero-order chi connectivity index (χ0) is 21.6. The Morgan fingerprint density at radius 1 is 1.10 bits per heavy atom. The first kappa shape index (κ1) is 22.3. The van der Waals surface area contributed by atoms with Gasteiger partial charge < -0.3 is 14.7 Å². The van der Waals surface area contributed by atoms with Crippen molar-refractivity contribution in [3.63, 3.8) is 0 Å². The molecule has 6 nitrogen and oxygen atoms in total. The fourth-order valence-electron chi connectivity index (χ4n) is 4.49. The summed E-state index contributed by atoms with van der Waals surface area (Å²) in [6.45, 7) is 6.01. The number of amides is 1. The highest BCUT2D eigenvalue weighted by Gasteiger charge is 2.30. The lowest BCUT2D eigenvalue weighted by Gasteiger charge is -2.36. The Labute approximate surface area is 194 Å². The van der Waals surface area contributed by atoms with Crippen LogP contribution in [-0.2, 0) is 11.3 Å². The third-order valence-electron chi connectivity index (χ3n) is 6.20. The number of hydrogen-bond acceptors (Lipinski definition) is 5. The molecule has 1 aromatic carbocycles. The van der Waals surface area contributed by atoms with E-state index in [-0.39, 0.29) is 11.8 Å². The van der Waals surface area contributed by atoms with Crippen LogP contribution in [0.4, 0.5) is 5.82 Å². The van der Waals surface area contributed by atoms with E-state index in [1.165, 1.54) is 12.8 Å². The van der Waals surface area contributed by atoms with Crippen LogP contribution in [0.2, 0.25) is 10.0 Å². The Hall–Kier alpha value is -1.89. The number of piperidine rings is 1. The predicted molar refractivity (Wildman–Crippen MR) is 125 cm³/mol. The summed E-state index contributed by atoms with van der Waals surface area (Å²) in [5, 5.41) is 1.06. The first-order valence-electron chi connectivity index (χ1n) is 11.1. The Balaban J connectivity index is 1.47. The van der Waals surface area contributed by atoms with E-state index in [1.807, 2.05) is 17.0 Å². The van der Waals surface area contributed by atoms with E-state index >= 15 is 0 Å². The molecule has 0 spiro atoms. The second-order valence-corrected chi connectivity index (χ2v) is 9.22. The van der Waals surface area contributed by atoms with Gasteiger partial charge in [0.05, 0.1) is 22.2 Å². The van der Waals surface area contributed by atoms with Gasteiger partial charge in [-0.25, -0.2) is 4.98 Å². The minimum atomic E-state index is -0.0443. The Morgan fingerprint density at radius 2 is 1.94 bits per heavy atom. The molecule has 1 unspecified atom stereocenters. The van der Waals surface area contributed by atoms with Crippen molar-refractivity contribution >= 4 is 34.9 Å². The van der Waals surface area contributed by atoms with Crippen molar-refractivity contribution in [1.82, 2.24) is 19.8 Å². The van der Waals surface area contributed by atoms with Crippen molar-refractivity contribution in [2.45, 2.75) is 32.2 Å². The maximum atomic E-state index is 13.6. The molecule has 166 valence electrons. The Morgan fingerprint density at radius 3 is 2.68 bits per heavy atom. The van der Waals surface area contributed by atoms with Crippen LogP contribution in [0.25, 0.3) is 0 Å². The van der Waals surface area contributed by atoms with E-state index in [0.29, 0.717) is 23.1 Å². The predicted octanol–water partition coefficient (Wildman–Crippen LogP) is 4.12. The molecule has 0 bridgehead atoms. The highest BCUT2D eigenvalue weighted by molar-refractivity contribution is 6.42. The molecule has 1 amide bonds. The monoisotopic (exact) mass is 461 g/mol. The number of halogens is 2. The fourth-order valence-corrected chi connectivity index (χ4v) is 4.81. The molecular weight excluding hydrogens is 433 g/mol. The van der Waals surface area contributed by atoms with Crippen LogP contribution in [0.1, 0.15) is 31.2 Å². The molecule has 2 fully saturated rings. The first-order valence-corrected chi connectivity index (χ1v) is 11.8. The summed E-state index contributed by atoms with van der Waals surface area (Å²) >= 11 is 12.3. The van der Waals surface area contributed by atoms with Gasteiger partial charge in [-0.2, -0.15) is 0 Å². The molecule has 0 radical (unpaired) electrons. The van der Waals surface area contributed by atoms with E-state index in [4.69, 9.17) is 23.2 Å². The molecule has 1 atom stereocenters. The van der Waals surface area contributed by atoms with Gasteiger partial charge in [-0.1, -0.05) is 29.3 Å². The number of carbonyl (C=O) groups excluding carboxylic acids is 1. The second kappa shape index (κ2) is 10.6. The zero-order valence-electron chi connectivity index (χ0n) is 17.7. The van der Waals surface area contributed by atoms with Crippen molar-refractivity contribution in [3.8, 4) is 0 Å². The van der Waals surface area contributed by atoms with E-state index in [0.717, 1.165) is 56.9 Å². The molecule has 2 saturated heterocycles. The van der Waals surface area contributed by atoms with Gasteiger partial charge in [0.2, 0.25) is 5.91 Å². The number of anilines is 1. The van der Waals surface area contributed by atoms with Gasteiger partial charge in [-0.05, 0) is 56.5 Å². The average Bonchev–Trinajstić information content (AvgIpc) is 3.33. The van der Waals surface area contributed by atoms with Gasteiger partial charge in [-0.15, -0.1) is 0 Å². The fraction of sp³-hybridized carbons (Fsp3) is 0.522. The molecule has 0 saturated carbocycles. The minimum Gasteiger partial charge on any atom is -0.355 e. The summed E-state index contributed by atoms with van der Waals surface area (Å²) < 4.78 is 0. The van der Waals surface area contributed by atoms with E-state index in [2.05, 4.69) is 19.8 Å². The highest BCUT2D eigenvalue weighted by atomic mass is 35.5. The molecule has 1 aromatic heterocycles. The SMILES string of the molecule is O=C(C1CCCN(c2cnccn2)C1)N(CCN1CCCC1)Cc1ccc(Cl)c(Cl)c1. The van der Waals surface area contributed by atoms with E-state index in [1.54, 1.807) is 24.7 Å². The summed E-state index contributed by atoms with van der Waals surface area (Å²) in [7, 11) is 0. The lowest BCUT2D eigenvalue weighted by Crippen LogP contribution is -2.46. The van der Waals surface area contributed by atoms with Crippen LogP contribution in [0.5, 0.6) is 0 Å². The maximum absolute atomic E-state index is 13.6. The van der Waals surface area contributed by atoms with Crippen molar-refractivity contribution in [1.29, 1.82) is 0 Å². The summed E-state index contributed by atoms with van der Waals surface area (Å²) in [5.74, 6) is 1.00. The molecule has 2 aromatic rings. The molecule has 8 heteroatoms. The van der Waals surface area contributed by atoms with Gasteiger partial charge in [0, 0.05) is 45.1 Å². The third-order valence-corrected chi connectivity index (χ3v) is 6.94. The zero-order valence-corrected chi connectivity index (χ0v) is 19.2. The number of carbonyl (C=O) groups is 1.